The highest BCUT2D eigenvalue weighted by atomic mass is 32.2. The van der Waals surface area contributed by atoms with E-state index in [9.17, 15) is 4.79 Å². The van der Waals surface area contributed by atoms with Crippen molar-refractivity contribution in [1.82, 2.24) is 15.6 Å². The van der Waals surface area contributed by atoms with Crippen molar-refractivity contribution in [2.75, 3.05) is 19.6 Å². The molecule has 0 saturated carbocycles. The highest BCUT2D eigenvalue weighted by Gasteiger charge is 2.42. The predicted octanol–water partition coefficient (Wildman–Crippen LogP) is 6.24. The molecule has 1 aromatic heterocycles. The van der Waals surface area contributed by atoms with Crippen LogP contribution in [-0.4, -0.2) is 41.3 Å². The molecule has 2 aliphatic heterocycles. The smallest absolute Gasteiger partial charge is 0.297 e. The maximum absolute atomic E-state index is 13.8. The predicted molar refractivity (Wildman–Crippen MR) is 146 cm³/mol. The summed E-state index contributed by atoms with van der Waals surface area (Å²) in [5, 5.41) is 7.85. The lowest BCUT2D eigenvalue weighted by Gasteiger charge is -2.42. The van der Waals surface area contributed by atoms with Crippen molar-refractivity contribution in [3.05, 3.63) is 89.6 Å². The molecule has 5 nitrogen and oxygen atoms in total. The lowest BCUT2D eigenvalue weighted by atomic mass is 9.85. The fraction of sp³-hybridized carbons (Fsp3) is 0.400. The molecule has 0 unspecified atom stereocenters. The summed E-state index contributed by atoms with van der Waals surface area (Å²) in [6.45, 7) is 5.64. The largest absolute Gasteiger partial charge is 0.418 e. The van der Waals surface area contributed by atoms with Crippen LogP contribution in [0.1, 0.15) is 54.7 Å². The lowest BCUT2D eigenvalue weighted by Crippen LogP contribution is -2.63. The van der Waals surface area contributed by atoms with Crippen LogP contribution < -0.4 is 10.6 Å². The molecule has 5 rings (SSSR count). The third-order valence-electron chi connectivity index (χ3n) is 7.75. The third kappa shape index (κ3) is 6.00. The van der Waals surface area contributed by atoms with Crippen molar-refractivity contribution in [2.24, 2.45) is 0 Å². The summed E-state index contributed by atoms with van der Waals surface area (Å²) in [6.07, 6.45) is 7.35. The van der Waals surface area contributed by atoms with E-state index in [2.05, 4.69) is 71.1 Å². The Balaban J connectivity index is 1.32. The van der Waals surface area contributed by atoms with Gasteiger partial charge in [-0.25, -0.2) is 14.3 Å². The minimum atomic E-state index is 0.0903. The number of aryl methyl sites for hydroxylation is 1. The molecule has 3 aromatic rings. The van der Waals surface area contributed by atoms with Crippen molar-refractivity contribution in [3.8, 4) is 0 Å². The van der Waals surface area contributed by atoms with E-state index < -0.39 is 0 Å². The zero-order chi connectivity index (χ0) is 24.8. The number of quaternary nitrogens is 1. The number of benzene rings is 2. The number of carbonyl (C=O) groups excluding carboxylic acids is 1. The van der Waals surface area contributed by atoms with E-state index in [0.29, 0.717) is 10.4 Å². The number of hydrogen-bond acceptors (Lipinski definition) is 4. The number of piperidine rings is 2. The summed E-state index contributed by atoms with van der Waals surface area (Å²) < 4.78 is 0.479. The standard InChI is InChI=1S/C30H36N4OS/c1-23-8-2-3-9-27(23)25-16-20-34(21-17-25,30(35)33-28-10-4-6-18-31-28)22-24-12-14-26(15-13-24)36-29-11-5-7-19-32-29/h2-3,5,7-9,11-15,19,25,28,31H,4,6,10,16-18,20-22H2,1H3/p+1/t25?,28-,34?/m0/s1. The van der Waals surface area contributed by atoms with Gasteiger partial charge in [-0.1, -0.05) is 54.2 Å². The summed E-state index contributed by atoms with van der Waals surface area (Å²) in [6, 6.07) is 23.6. The Morgan fingerprint density at radius 3 is 2.47 bits per heavy atom. The number of nitrogens with zero attached hydrogens (tertiary/aromatic N) is 2. The molecule has 2 aliphatic rings. The van der Waals surface area contributed by atoms with Gasteiger partial charge in [0.2, 0.25) is 0 Å². The number of hydrogen-bond donors (Lipinski definition) is 2. The molecule has 1 atom stereocenters. The molecule has 188 valence electrons. The molecule has 2 fully saturated rings. The number of amides is 2. The molecule has 2 amide bonds. The van der Waals surface area contributed by atoms with Gasteiger partial charge in [0, 0.05) is 29.5 Å². The molecular formula is C30H37N4OS+. The zero-order valence-corrected chi connectivity index (χ0v) is 22.0. The molecule has 0 spiro atoms. The van der Waals surface area contributed by atoms with Gasteiger partial charge >= 0.3 is 6.03 Å². The first-order valence-electron chi connectivity index (χ1n) is 13.3. The van der Waals surface area contributed by atoms with Crippen molar-refractivity contribution in [3.63, 3.8) is 0 Å². The first-order valence-corrected chi connectivity index (χ1v) is 14.1. The van der Waals surface area contributed by atoms with Gasteiger partial charge < -0.3 is 0 Å². The Morgan fingerprint density at radius 1 is 1.00 bits per heavy atom. The van der Waals surface area contributed by atoms with Crippen LogP contribution in [0.5, 0.6) is 0 Å². The first-order chi connectivity index (χ1) is 17.6. The second-order valence-electron chi connectivity index (χ2n) is 10.2. The van der Waals surface area contributed by atoms with Crippen LogP contribution >= 0.6 is 11.8 Å². The fourth-order valence-electron chi connectivity index (χ4n) is 5.65. The van der Waals surface area contributed by atoms with E-state index in [4.69, 9.17) is 0 Å². The summed E-state index contributed by atoms with van der Waals surface area (Å²) >= 11 is 1.67. The van der Waals surface area contributed by atoms with E-state index >= 15 is 0 Å². The molecular weight excluding hydrogens is 464 g/mol. The van der Waals surface area contributed by atoms with Gasteiger partial charge in [-0.2, -0.15) is 0 Å². The average molecular weight is 502 g/mol. The Bertz CT molecular complexity index is 1140. The van der Waals surface area contributed by atoms with E-state index in [1.165, 1.54) is 29.5 Å². The summed E-state index contributed by atoms with van der Waals surface area (Å²) in [7, 11) is 0. The molecule has 0 aliphatic carbocycles. The average Bonchev–Trinajstić information content (AvgIpc) is 2.92. The maximum Gasteiger partial charge on any atom is 0.418 e. The lowest BCUT2D eigenvalue weighted by molar-refractivity contribution is -0.869. The summed E-state index contributed by atoms with van der Waals surface area (Å²) in [4.78, 5) is 19.4. The number of carbonyl (C=O) groups is 1. The number of rotatable bonds is 6. The second-order valence-corrected chi connectivity index (χ2v) is 11.3. The molecule has 0 radical (unpaired) electrons. The fourth-order valence-corrected chi connectivity index (χ4v) is 6.43. The van der Waals surface area contributed by atoms with Crippen LogP contribution in [-0.2, 0) is 6.54 Å². The second kappa shape index (κ2) is 11.6. The number of aromatic nitrogens is 1. The number of pyridine rings is 1. The molecule has 2 saturated heterocycles. The Kier molecular flexibility index (Phi) is 8.05. The van der Waals surface area contributed by atoms with Gasteiger partial charge in [-0.3, -0.25) is 10.6 Å². The van der Waals surface area contributed by atoms with Gasteiger partial charge in [0.25, 0.3) is 0 Å². The minimum absolute atomic E-state index is 0.0903. The molecule has 0 bridgehead atoms. The van der Waals surface area contributed by atoms with E-state index in [1.54, 1.807) is 11.8 Å². The van der Waals surface area contributed by atoms with Crippen molar-refractivity contribution in [1.29, 1.82) is 0 Å². The van der Waals surface area contributed by atoms with Crippen LogP contribution in [0.4, 0.5) is 4.79 Å². The Morgan fingerprint density at radius 2 is 1.78 bits per heavy atom. The van der Waals surface area contributed by atoms with E-state index in [-0.39, 0.29) is 12.2 Å². The van der Waals surface area contributed by atoms with Crippen molar-refractivity contribution in [2.45, 2.75) is 67.6 Å². The summed E-state index contributed by atoms with van der Waals surface area (Å²) in [5.41, 5.74) is 4.02. The quantitative estimate of drug-likeness (QED) is 0.392. The van der Waals surface area contributed by atoms with Crippen LogP contribution in [0.2, 0.25) is 0 Å². The highest BCUT2D eigenvalue weighted by Crippen LogP contribution is 2.35. The molecule has 2 aromatic carbocycles. The maximum atomic E-state index is 13.8. The van der Waals surface area contributed by atoms with E-state index in [0.717, 1.165) is 55.4 Å². The molecule has 2 N–H and O–H groups in total. The molecule has 3 heterocycles. The van der Waals surface area contributed by atoms with Crippen molar-refractivity contribution < 1.29 is 9.28 Å². The monoisotopic (exact) mass is 501 g/mol. The van der Waals surface area contributed by atoms with Gasteiger partial charge in [-0.05, 0) is 74.0 Å². The van der Waals surface area contributed by atoms with Gasteiger partial charge in [0.1, 0.15) is 11.6 Å². The Labute approximate surface area is 219 Å². The number of nitrogens with one attached hydrogen (secondary N) is 2. The Hall–Kier alpha value is -2.67. The number of likely N-dealkylation sites (tertiary alicyclic amines) is 1. The first kappa shape index (κ1) is 25.0. The minimum Gasteiger partial charge on any atom is -0.297 e. The van der Waals surface area contributed by atoms with Gasteiger partial charge in [-0.15, -0.1) is 0 Å². The van der Waals surface area contributed by atoms with Crippen molar-refractivity contribution >= 4 is 17.8 Å². The van der Waals surface area contributed by atoms with Crippen LogP contribution in [0.25, 0.3) is 0 Å². The van der Waals surface area contributed by atoms with Gasteiger partial charge in [0.15, 0.2) is 0 Å². The van der Waals surface area contributed by atoms with Crippen LogP contribution in [0.3, 0.4) is 0 Å². The third-order valence-corrected chi connectivity index (χ3v) is 8.71. The SMILES string of the molecule is Cc1ccccc1C1CC[N+](Cc2ccc(Sc3ccccn3)cc2)(C(=O)N[C@H]2CCCCN2)CC1. The summed E-state index contributed by atoms with van der Waals surface area (Å²) in [5.74, 6) is 0.523. The molecule has 36 heavy (non-hydrogen) atoms. The van der Waals surface area contributed by atoms with Gasteiger partial charge in [0.05, 0.1) is 19.3 Å². The number of urea groups is 1. The molecule has 6 heteroatoms. The zero-order valence-electron chi connectivity index (χ0n) is 21.2. The normalized spacial score (nSPS) is 24.2. The van der Waals surface area contributed by atoms with Crippen LogP contribution in [0.15, 0.2) is 82.8 Å². The highest BCUT2D eigenvalue weighted by molar-refractivity contribution is 7.99. The topological polar surface area (TPSA) is 54.0 Å². The van der Waals surface area contributed by atoms with Crippen LogP contribution in [0, 0.1) is 6.92 Å². The van der Waals surface area contributed by atoms with E-state index in [1.807, 2.05) is 24.4 Å².